The maximum absolute atomic E-state index is 12.6. The topological polar surface area (TPSA) is 72.2 Å². The van der Waals surface area contributed by atoms with Gasteiger partial charge in [-0.3, -0.25) is 0 Å². The van der Waals surface area contributed by atoms with Crippen LogP contribution in [0.5, 0.6) is 0 Å². The molecular formula is C11H14F4N2O2S2. The summed E-state index contributed by atoms with van der Waals surface area (Å²) in [6.45, 7) is -1.62. The first-order chi connectivity index (χ1) is 9.62. The number of hydrogen-bond donors (Lipinski definition) is 2. The van der Waals surface area contributed by atoms with Crippen LogP contribution in [0.4, 0.5) is 23.2 Å². The minimum atomic E-state index is -4.38. The zero-order valence-electron chi connectivity index (χ0n) is 10.7. The van der Waals surface area contributed by atoms with Crippen LogP contribution in [-0.2, 0) is 10.0 Å². The van der Waals surface area contributed by atoms with Crippen LogP contribution in [0.25, 0.3) is 0 Å². The van der Waals surface area contributed by atoms with Crippen LogP contribution in [0.3, 0.4) is 0 Å². The predicted octanol–water partition coefficient (Wildman–Crippen LogP) is 2.18. The standard InChI is InChI=1S/C11H14F4N2O2S2/c12-10(13)11(14,15)7-17-21(18,19)5-4-20-9-3-1-2-8(16)6-9/h1-3,6,10,17H,4-5,7,16H2. The highest BCUT2D eigenvalue weighted by molar-refractivity contribution is 8.00. The van der Waals surface area contributed by atoms with Gasteiger partial charge in [0.15, 0.2) is 0 Å². The van der Waals surface area contributed by atoms with Gasteiger partial charge in [-0.1, -0.05) is 6.07 Å². The van der Waals surface area contributed by atoms with Gasteiger partial charge in [-0.2, -0.15) is 8.78 Å². The molecule has 0 aliphatic heterocycles. The molecule has 0 amide bonds. The summed E-state index contributed by atoms with van der Waals surface area (Å²) >= 11 is 1.17. The number of anilines is 1. The summed E-state index contributed by atoms with van der Waals surface area (Å²) in [7, 11) is -4.04. The van der Waals surface area contributed by atoms with E-state index in [1.807, 2.05) is 0 Å². The van der Waals surface area contributed by atoms with Gasteiger partial charge in [0.05, 0.1) is 12.3 Å². The third-order valence-corrected chi connectivity index (χ3v) is 4.91. The molecule has 1 rings (SSSR count). The summed E-state index contributed by atoms with van der Waals surface area (Å²) in [5.74, 6) is -4.76. The van der Waals surface area contributed by atoms with Crippen molar-refractivity contribution < 1.29 is 26.0 Å². The van der Waals surface area contributed by atoms with Crippen molar-refractivity contribution in [1.82, 2.24) is 4.72 Å². The molecule has 0 saturated carbocycles. The summed E-state index contributed by atoms with van der Waals surface area (Å²) in [5.41, 5.74) is 6.05. The molecule has 0 aliphatic carbocycles. The number of nitrogens with two attached hydrogens (primary N) is 1. The molecule has 1 aromatic carbocycles. The minimum absolute atomic E-state index is 0.0824. The van der Waals surface area contributed by atoms with Crippen LogP contribution in [-0.4, -0.2) is 38.8 Å². The quantitative estimate of drug-likeness (QED) is 0.430. The molecule has 0 aliphatic rings. The summed E-state index contributed by atoms with van der Waals surface area (Å²) in [6.07, 6.45) is -3.91. The number of rotatable bonds is 8. The van der Waals surface area contributed by atoms with Crippen molar-refractivity contribution in [3.05, 3.63) is 24.3 Å². The van der Waals surface area contributed by atoms with Crippen molar-refractivity contribution >= 4 is 27.5 Å². The Hall–Kier alpha value is -1.00. The highest BCUT2D eigenvalue weighted by Crippen LogP contribution is 2.22. The molecule has 0 spiro atoms. The second kappa shape index (κ2) is 7.32. The van der Waals surface area contributed by atoms with Gasteiger partial charge in [0.1, 0.15) is 0 Å². The second-order valence-corrected chi connectivity index (χ2v) is 7.22. The second-order valence-electron chi connectivity index (χ2n) is 4.12. The molecule has 0 unspecified atom stereocenters. The fourth-order valence-corrected chi connectivity index (χ4v) is 3.63. The molecule has 4 nitrogen and oxygen atoms in total. The van der Waals surface area contributed by atoms with Gasteiger partial charge < -0.3 is 5.73 Å². The maximum atomic E-state index is 12.6. The minimum Gasteiger partial charge on any atom is -0.399 e. The molecule has 0 bridgehead atoms. The molecular weight excluding hydrogens is 332 g/mol. The van der Waals surface area contributed by atoms with Crippen LogP contribution in [0, 0.1) is 0 Å². The number of nitrogen functional groups attached to an aromatic ring is 1. The van der Waals surface area contributed by atoms with E-state index in [0.717, 1.165) is 4.90 Å². The summed E-state index contributed by atoms with van der Waals surface area (Å²) in [4.78, 5) is 0.725. The maximum Gasteiger partial charge on any atom is 0.320 e. The Bertz CT molecular complexity index is 567. The highest BCUT2D eigenvalue weighted by Gasteiger charge is 2.41. The molecule has 0 heterocycles. The Balaban J connectivity index is 2.43. The number of hydrogen-bond acceptors (Lipinski definition) is 4. The molecule has 120 valence electrons. The average molecular weight is 346 g/mol. The Morgan fingerprint density at radius 3 is 2.57 bits per heavy atom. The first-order valence-electron chi connectivity index (χ1n) is 5.74. The fraction of sp³-hybridized carbons (Fsp3) is 0.455. The SMILES string of the molecule is Nc1cccc(SCCS(=O)(=O)NCC(F)(F)C(F)F)c1. The van der Waals surface area contributed by atoms with Crippen molar-refractivity contribution in [2.75, 3.05) is 23.8 Å². The van der Waals surface area contributed by atoms with E-state index in [9.17, 15) is 26.0 Å². The zero-order chi connectivity index (χ0) is 16.1. The summed E-state index contributed by atoms with van der Waals surface area (Å²) in [6, 6.07) is 6.70. The molecule has 0 fully saturated rings. The number of sulfonamides is 1. The zero-order valence-corrected chi connectivity index (χ0v) is 12.4. The van der Waals surface area contributed by atoms with E-state index >= 15 is 0 Å². The smallest absolute Gasteiger partial charge is 0.320 e. The first kappa shape index (κ1) is 18.1. The average Bonchev–Trinajstić information content (AvgIpc) is 2.36. The number of nitrogens with one attached hydrogen (secondary N) is 1. The van der Waals surface area contributed by atoms with Crippen LogP contribution < -0.4 is 10.5 Å². The number of benzene rings is 1. The first-order valence-corrected chi connectivity index (χ1v) is 8.38. The van der Waals surface area contributed by atoms with Gasteiger partial charge in [-0.15, -0.1) is 11.8 Å². The van der Waals surface area contributed by atoms with Crippen molar-refractivity contribution in [3.8, 4) is 0 Å². The van der Waals surface area contributed by atoms with Gasteiger partial charge in [0, 0.05) is 16.3 Å². The van der Waals surface area contributed by atoms with Crippen LogP contribution >= 0.6 is 11.8 Å². The van der Waals surface area contributed by atoms with E-state index in [4.69, 9.17) is 5.73 Å². The highest BCUT2D eigenvalue weighted by atomic mass is 32.2. The Morgan fingerprint density at radius 1 is 1.33 bits per heavy atom. The van der Waals surface area contributed by atoms with E-state index in [-0.39, 0.29) is 5.75 Å². The van der Waals surface area contributed by atoms with E-state index in [1.165, 1.54) is 16.5 Å². The van der Waals surface area contributed by atoms with Gasteiger partial charge in [0.2, 0.25) is 10.0 Å². The molecule has 21 heavy (non-hydrogen) atoms. The van der Waals surface area contributed by atoms with Gasteiger partial charge in [0.25, 0.3) is 0 Å². The fourth-order valence-electron chi connectivity index (χ4n) is 1.23. The number of thioether (sulfide) groups is 1. The monoisotopic (exact) mass is 346 g/mol. The third kappa shape index (κ3) is 6.53. The normalized spacial score (nSPS) is 12.8. The largest absolute Gasteiger partial charge is 0.399 e. The summed E-state index contributed by atoms with van der Waals surface area (Å²) in [5, 5.41) is 0. The number of alkyl halides is 4. The molecule has 0 radical (unpaired) electrons. The lowest BCUT2D eigenvalue weighted by atomic mass is 10.3. The number of halogens is 4. The Kier molecular flexibility index (Phi) is 6.29. The van der Waals surface area contributed by atoms with Crippen molar-refractivity contribution in [2.24, 2.45) is 0 Å². The summed E-state index contributed by atoms with van der Waals surface area (Å²) < 4.78 is 73.4. The molecule has 0 aromatic heterocycles. The molecule has 3 N–H and O–H groups in total. The van der Waals surface area contributed by atoms with Crippen LogP contribution in [0.1, 0.15) is 0 Å². The van der Waals surface area contributed by atoms with E-state index in [0.29, 0.717) is 5.69 Å². The van der Waals surface area contributed by atoms with E-state index in [1.54, 1.807) is 24.3 Å². The third-order valence-electron chi connectivity index (χ3n) is 2.33. The van der Waals surface area contributed by atoms with E-state index < -0.39 is 34.7 Å². The predicted molar refractivity (Wildman–Crippen MR) is 74.3 cm³/mol. The van der Waals surface area contributed by atoms with Gasteiger partial charge in [-0.25, -0.2) is 21.9 Å². The molecule has 0 saturated heterocycles. The Morgan fingerprint density at radius 2 is 2.00 bits per heavy atom. The van der Waals surface area contributed by atoms with Gasteiger partial charge in [-0.05, 0) is 18.2 Å². The van der Waals surface area contributed by atoms with Crippen molar-refractivity contribution in [3.63, 3.8) is 0 Å². The van der Waals surface area contributed by atoms with Crippen LogP contribution in [0.15, 0.2) is 29.2 Å². The lowest BCUT2D eigenvalue weighted by Gasteiger charge is -2.15. The molecule has 0 atom stereocenters. The van der Waals surface area contributed by atoms with Gasteiger partial charge >= 0.3 is 12.3 Å². The van der Waals surface area contributed by atoms with Crippen molar-refractivity contribution in [2.45, 2.75) is 17.2 Å². The van der Waals surface area contributed by atoms with Crippen LogP contribution in [0.2, 0.25) is 0 Å². The molecule has 1 aromatic rings. The van der Waals surface area contributed by atoms with E-state index in [2.05, 4.69) is 0 Å². The lowest BCUT2D eigenvalue weighted by Crippen LogP contribution is -2.42. The Labute approximate surface area is 124 Å². The molecule has 10 heteroatoms. The van der Waals surface area contributed by atoms with Crippen molar-refractivity contribution in [1.29, 1.82) is 0 Å². The lowest BCUT2D eigenvalue weighted by molar-refractivity contribution is -0.122.